The van der Waals surface area contributed by atoms with Gasteiger partial charge in [-0.3, -0.25) is 0 Å². The van der Waals surface area contributed by atoms with Gasteiger partial charge in [0.25, 0.3) is 5.82 Å². The van der Waals surface area contributed by atoms with Gasteiger partial charge < -0.3 is 0 Å². The van der Waals surface area contributed by atoms with Crippen LogP contribution in [0, 0.1) is 6.92 Å². The van der Waals surface area contributed by atoms with Crippen molar-refractivity contribution in [3.8, 4) is 11.4 Å². The van der Waals surface area contributed by atoms with Gasteiger partial charge in [-0.15, -0.1) is 0 Å². The Kier molecular flexibility index (Phi) is 2.86. The SMILES string of the molecule is CCC[n+]1cc[nH]c1-c1ccc(C)cc1. The summed E-state index contributed by atoms with van der Waals surface area (Å²) in [6, 6.07) is 8.61. The van der Waals surface area contributed by atoms with Crippen LogP contribution in [0.15, 0.2) is 36.7 Å². The zero-order valence-electron chi connectivity index (χ0n) is 9.33. The summed E-state index contributed by atoms with van der Waals surface area (Å²) in [5.41, 5.74) is 2.55. The maximum Gasteiger partial charge on any atom is 0.286 e. The van der Waals surface area contributed by atoms with E-state index in [4.69, 9.17) is 0 Å². The quantitative estimate of drug-likeness (QED) is 0.737. The number of benzene rings is 1. The Morgan fingerprint density at radius 1 is 1.20 bits per heavy atom. The average Bonchev–Trinajstić information content (AvgIpc) is 2.68. The summed E-state index contributed by atoms with van der Waals surface area (Å²) >= 11 is 0. The average molecular weight is 201 g/mol. The number of hydrogen-bond donors (Lipinski definition) is 1. The molecule has 1 aromatic carbocycles. The Morgan fingerprint density at radius 3 is 2.60 bits per heavy atom. The van der Waals surface area contributed by atoms with E-state index in [2.05, 4.69) is 53.9 Å². The summed E-state index contributed by atoms with van der Waals surface area (Å²) < 4.78 is 2.25. The highest BCUT2D eigenvalue weighted by Crippen LogP contribution is 2.13. The number of hydrogen-bond acceptors (Lipinski definition) is 0. The Bertz CT molecular complexity index is 426. The van der Waals surface area contributed by atoms with E-state index in [9.17, 15) is 0 Å². The van der Waals surface area contributed by atoms with Gasteiger partial charge in [-0.25, -0.2) is 9.55 Å². The lowest BCUT2D eigenvalue weighted by atomic mass is 10.1. The molecule has 0 unspecified atom stereocenters. The molecule has 2 heteroatoms. The van der Waals surface area contributed by atoms with Crippen LogP contribution in [0.4, 0.5) is 0 Å². The largest absolute Gasteiger partial charge is 0.286 e. The molecule has 0 saturated heterocycles. The minimum atomic E-state index is 1.06. The maximum absolute atomic E-state index is 3.29. The number of nitrogens with zero attached hydrogens (tertiary/aromatic N) is 1. The summed E-state index contributed by atoms with van der Waals surface area (Å²) in [6.45, 7) is 5.37. The van der Waals surface area contributed by atoms with E-state index in [0.717, 1.165) is 13.0 Å². The first-order valence-corrected chi connectivity index (χ1v) is 5.45. The van der Waals surface area contributed by atoms with Crippen molar-refractivity contribution in [2.75, 3.05) is 0 Å². The molecule has 1 N–H and O–H groups in total. The van der Waals surface area contributed by atoms with Crippen molar-refractivity contribution in [2.24, 2.45) is 0 Å². The Labute approximate surface area is 90.6 Å². The predicted octanol–water partition coefficient (Wildman–Crippen LogP) is 2.69. The number of rotatable bonds is 3. The molecule has 0 aliphatic heterocycles. The molecular weight excluding hydrogens is 184 g/mol. The Morgan fingerprint density at radius 2 is 1.93 bits per heavy atom. The number of aromatic nitrogens is 2. The molecule has 0 bridgehead atoms. The van der Waals surface area contributed by atoms with E-state index < -0.39 is 0 Å². The summed E-state index contributed by atoms with van der Waals surface area (Å²) in [5, 5.41) is 0. The van der Waals surface area contributed by atoms with Gasteiger partial charge in [-0.05, 0) is 25.5 Å². The third kappa shape index (κ3) is 2.09. The minimum absolute atomic E-state index is 1.06. The van der Waals surface area contributed by atoms with E-state index >= 15 is 0 Å². The predicted molar refractivity (Wildman–Crippen MR) is 61.5 cm³/mol. The fourth-order valence-electron chi connectivity index (χ4n) is 1.75. The van der Waals surface area contributed by atoms with Crippen LogP contribution in [0.25, 0.3) is 11.4 Å². The lowest BCUT2D eigenvalue weighted by Crippen LogP contribution is -2.33. The molecule has 2 aromatic rings. The molecular formula is C13H17N2+. The highest BCUT2D eigenvalue weighted by Gasteiger charge is 2.11. The van der Waals surface area contributed by atoms with Crippen molar-refractivity contribution < 1.29 is 4.57 Å². The van der Waals surface area contributed by atoms with Crippen molar-refractivity contribution in [3.63, 3.8) is 0 Å². The maximum atomic E-state index is 3.29. The van der Waals surface area contributed by atoms with Gasteiger partial charge in [0.2, 0.25) is 0 Å². The highest BCUT2D eigenvalue weighted by atomic mass is 15.1. The van der Waals surface area contributed by atoms with Crippen LogP contribution >= 0.6 is 0 Å². The smallest absolute Gasteiger partial charge is 0.243 e. The number of aromatic amines is 1. The third-order valence-electron chi connectivity index (χ3n) is 2.55. The van der Waals surface area contributed by atoms with Crippen molar-refractivity contribution in [1.82, 2.24) is 4.98 Å². The van der Waals surface area contributed by atoms with E-state index in [1.54, 1.807) is 0 Å². The topological polar surface area (TPSA) is 19.7 Å². The molecule has 0 radical (unpaired) electrons. The fourth-order valence-corrected chi connectivity index (χ4v) is 1.75. The lowest BCUT2D eigenvalue weighted by molar-refractivity contribution is -0.684. The van der Waals surface area contributed by atoms with Gasteiger partial charge in [0.05, 0.1) is 12.1 Å². The lowest BCUT2D eigenvalue weighted by Gasteiger charge is -1.99. The molecule has 2 nitrogen and oxygen atoms in total. The van der Waals surface area contributed by atoms with Crippen LogP contribution < -0.4 is 4.57 Å². The number of aryl methyl sites for hydroxylation is 2. The van der Waals surface area contributed by atoms with Crippen molar-refractivity contribution >= 4 is 0 Å². The summed E-state index contributed by atoms with van der Waals surface area (Å²) in [7, 11) is 0. The Balaban J connectivity index is 2.36. The monoisotopic (exact) mass is 201 g/mol. The second kappa shape index (κ2) is 4.30. The van der Waals surface area contributed by atoms with Gasteiger partial charge in [-0.1, -0.05) is 24.6 Å². The molecule has 15 heavy (non-hydrogen) atoms. The van der Waals surface area contributed by atoms with Crippen LogP contribution in [0.1, 0.15) is 18.9 Å². The summed E-state index contributed by atoms with van der Waals surface area (Å²) in [6.07, 6.45) is 5.24. The van der Waals surface area contributed by atoms with E-state index in [0.29, 0.717) is 0 Å². The zero-order chi connectivity index (χ0) is 10.7. The van der Waals surface area contributed by atoms with Crippen LogP contribution in [0.5, 0.6) is 0 Å². The first-order chi connectivity index (χ1) is 7.31. The van der Waals surface area contributed by atoms with E-state index in [-0.39, 0.29) is 0 Å². The molecule has 0 aliphatic rings. The van der Waals surface area contributed by atoms with Gasteiger partial charge in [0, 0.05) is 0 Å². The molecule has 0 spiro atoms. The van der Waals surface area contributed by atoms with Gasteiger partial charge in [0.15, 0.2) is 0 Å². The third-order valence-corrected chi connectivity index (χ3v) is 2.55. The molecule has 0 atom stereocenters. The minimum Gasteiger partial charge on any atom is -0.243 e. The first kappa shape index (κ1) is 9.97. The van der Waals surface area contributed by atoms with Crippen LogP contribution in [0.3, 0.4) is 0 Å². The number of nitrogens with one attached hydrogen (secondary N) is 1. The van der Waals surface area contributed by atoms with Crippen molar-refractivity contribution in [2.45, 2.75) is 26.8 Å². The Hall–Kier alpha value is -1.57. The zero-order valence-corrected chi connectivity index (χ0v) is 9.33. The second-order valence-electron chi connectivity index (χ2n) is 3.87. The molecule has 1 heterocycles. The molecule has 0 fully saturated rings. The number of imidazole rings is 1. The normalized spacial score (nSPS) is 10.5. The molecule has 0 saturated carbocycles. The van der Waals surface area contributed by atoms with Crippen LogP contribution in [0.2, 0.25) is 0 Å². The van der Waals surface area contributed by atoms with Crippen LogP contribution in [-0.2, 0) is 6.54 Å². The van der Waals surface area contributed by atoms with Crippen molar-refractivity contribution in [3.05, 3.63) is 42.2 Å². The summed E-state index contributed by atoms with van der Waals surface area (Å²) in [5.74, 6) is 1.19. The second-order valence-corrected chi connectivity index (χ2v) is 3.87. The number of H-pyrrole nitrogens is 1. The van der Waals surface area contributed by atoms with E-state index in [1.165, 1.54) is 17.0 Å². The molecule has 78 valence electrons. The molecule has 0 amide bonds. The van der Waals surface area contributed by atoms with E-state index in [1.807, 2.05) is 6.20 Å². The standard InChI is InChI=1S/C13H16N2/c1-3-9-15-10-8-14-13(15)12-6-4-11(2)5-7-12/h4-8,10H,3,9H2,1-2H3/p+1. The van der Waals surface area contributed by atoms with Crippen LogP contribution in [-0.4, -0.2) is 4.98 Å². The fraction of sp³-hybridized carbons (Fsp3) is 0.308. The molecule has 1 aromatic heterocycles. The molecule has 2 rings (SSSR count). The van der Waals surface area contributed by atoms with Gasteiger partial charge >= 0.3 is 0 Å². The van der Waals surface area contributed by atoms with Gasteiger partial charge in [0.1, 0.15) is 12.4 Å². The van der Waals surface area contributed by atoms with Gasteiger partial charge in [-0.2, -0.15) is 0 Å². The summed E-state index contributed by atoms with van der Waals surface area (Å²) in [4.78, 5) is 3.29. The highest BCUT2D eigenvalue weighted by molar-refractivity contribution is 5.52. The molecule has 0 aliphatic carbocycles. The van der Waals surface area contributed by atoms with Crippen molar-refractivity contribution in [1.29, 1.82) is 0 Å². The first-order valence-electron chi connectivity index (χ1n) is 5.45.